The van der Waals surface area contributed by atoms with Crippen LogP contribution in [0.25, 0.3) is 0 Å². The van der Waals surface area contributed by atoms with Gasteiger partial charge in [-0.25, -0.2) is 4.39 Å². The van der Waals surface area contributed by atoms with Crippen LogP contribution in [-0.2, 0) is 11.3 Å². The summed E-state index contributed by atoms with van der Waals surface area (Å²) in [5, 5.41) is 3.35. The lowest BCUT2D eigenvalue weighted by atomic mass is 9.91. The Balaban J connectivity index is 0.00000161. The summed E-state index contributed by atoms with van der Waals surface area (Å²) in [6.45, 7) is 2.54. The fourth-order valence-corrected chi connectivity index (χ4v) is 3.43. The molecule has 3 rings (SSSR count). The fourth-order valence-electron chi connectivity index (χ4n) is 3.43. The third-order valence-electron chi connectivity index (χ3n) is 4.77. The number of carbonyl (C=O) groups excluding carboxylic acids is 1. The highest BCUT2D eigenvalue weighted by Gasteiger charge is 2.58. The van der Waals surface area contributed by atoms with Crippen molar-refractivity contribution in [3.63, 3.8) is 0 Å². The molecule has 1 N–H and O–H groups in total. The smallest absolute Gasteiger partial charge is 0.226 e. The molecule has 1 heterocycles. The summed E-state index contributed by atoms with van der Waals surface area (Å²) in [7, 11) is 1.82. The highest BCUT2D eigenvalue weighted by Crippen LogP contribution is 2.59. The van der Waals surface area contributed by atoms with Gasteiger partial charge in [-0.2, -0.15) is 0 Å². The topological polar surface area (TPSA) is 32.3 Å². The van der Waals surface area contributed by atoms with E-state index in [0.717, 1.165) is 37.9 Å². The van der Waals surface area contributed by atoms with Gasteiger partial charge in [-0.1, -0.05) is 12.1 Å². The molecule has 21 heavy (non-hydrogen) atoms. The molecule has 0 aromatic heterocycles. The number of carbonyl (C=O) groups is 1. The number of rotatable bonds is 3. The van der Waals surface area contributed by atoms with Crippen molar-refractivity contribution in [1.82, 2.24) is 10.2 Å². The van der Waals surface area contributed by atoms with E-state index in [1.165, 1.54) is 12.1 Å². The maximum absolute atomic E-state index is 13.2. The molecule has 1 saturated heterocycles. The van der Waals surface area contributed by atoms with Crippen molar-refractivity contribution in [2.24, 2.45) is 11.3 Å². The molecule has 1 amide bonds. The number of benzene rings is 1. The van der Waals surface area contributed by atoms with Crippen molar-refractivity contribution in [1.29, 1.82) is 0 Å². The molecule has 0 radical (unpaired) electrons. The van der Waals surface area contributed by atoms with Gasteiger partial charge in [-0.05, 0) is 55.5 Å². The highest BCUT2D eigenvalue weighted by atomic mass is 35.5. The van der Waals surface area contributed by atoms with Gasteiger partial charge in [0, 0.05) is 19.5 Å². The number of nitrogens with one attached hydrogen (secondary N) is 1. The summed E-state index contributed by atoms with van der Waals surface area (Å²) in [5.41, 5.74) is 1.11. The SMILES string of the molecule is CN(Cc1cccc(F)c1)C(=O)C1CC12CCNCC2.Cl. The maximum atomic E-state index is 13.2. The minimum atomic E-state index is -0.246. The van der Waals surface area contributed by atoms with Crippen molar-refractivity contribution < 1.29 is 9.18 Å². The zero-order chi connectivity index (χ0) is 14.2. The van der Waals surface area contributed by atoms with Gasteiger partial charge < -0.3 is 10.2 Å². The van der Waals surface area contributed by atoms with Crippen molar-refractivity contribution in [3.05, 3.63) is 35.6 Å². The van der Waals surface area contributed by atoms with Crippen molar-refractivity contribution >= 4 is 18.3 Å². The molecular weight excluding hydrogens is 291 g/mol. The lowest BCUT2D eigenvalue weighted by Gasteiger charge is -2.25. The van der Waals surface area contributed by atoms with E-state index < -0.39 is 0 Å². The van der Waals surface area contributed by atoms with Gasteiger partial charge in [0.25, 0.3) is 0 Å². The van der Waals surface area contributed by atoms with Crippen LogP contribution in [0, 0.1) is 17.2 Å². The third kappa shape index (κ3) is 3.38. The van der Waals surface area contributed by atoms with Crippen molar-refractivity contribution in [2.75, 3.05) is 20.1 Å². The van der Waals surface area contributed by atoms with Crippen molar-refractivity contribution in [2.45, 2.75) is 25.8 Å². The van der Waals surface area contributed by atoms with Gasteiger partial charge in [0.2, 0.25) is 5.91 Å². The van der Waals surface area contributed by atoms with E-state index in [-0.39, 0.29) is 35.5 Å². The summed E-state index contributed by atoms with van der Waals surface area (Å²) in [4.78, 5) is 14.2. The van der Waals surface area contributed by atoms with Crippen LogP contribution in [0.2, 0.25) is 0 Å². The lowest BCUT2D eigenvalue weighted by Crippen LogP contribution is -2.34. The van der Waals surface area contributed by atoms with E-state index in [2.05, 4.69) is 5.32 Å². The maximum Gasteiger partial charge on any atom is 0.226 e. The van der Waals surface area contributed by atoms with Gasteiger partial charge in [-0.15, -0.1) is 12.4 Å². The van der Waals surface area contributed by atoms with Crippen LogP contribution in [0.15, 0.2) is 24.3 Å². The molecule has 2 fully saturated rings. The molecular formula is C16H22ClFN2O. The van der Waals surface area contributed by atoms with E-state index >= 15 is 0 Å². The molecule has 1 atom stereocenters. The van der Waals surface area contributed by atoms with Crippen LogP contribution in [-0.4, -0.2) is 30.9 Å². The second kappa shape index (κ2) is 6.32. The quantitative estimate of drug-likeness (QED) is 0.930. The molecule has 2 aliphatic rings. The first kappa shape index (κ1) is 16.2. The Labute approximate surface area is 131 Å². The van der Waals surface area contributed by atoms with Crippen LogP contribution in [0.5, 0.6) is 0 Å². The van der Waals surface area contributed by atoms with Crippen molar-refractivity contribution in [3.8, 4) is 0 Å². The molecule has 1 aliphatic carbocycles. The van der Waals surface area contributed by atoms with Crippen LogP contribution in [0.3, 0.4) is 0 Å². The van der Waals surface area contributed by atoms with Crippen LogP contribution >= 0.6 is 12.4 Å². The summed E-state index contributed by atoms with van der Waals surface area (Å²) in [6.07, 6.45) is 3.25. The Morgan fingerprint density at radius 2 is 2.14 bits per heavy atom. The molecule has 1 unspecified atom stereocenters. The predicted octanol–water partition coefficient (Wildman–Crippen LogP) is 2.60. The standard InChI is InChI=1S/C16H21FN2O.ClH/c1-19(11-12-3-2-4-13(17)9-12)15(20)14-10-16(14)5-7-18-8-6-16;/h2-4,9,14,18H,5-8,10-11H2,1H3;1H. The number of halogens is 2. The summed E-state index contributed by atoms with van der Waals surface area (Å²) >= 11 is 0. The first-order valence-electron chi connectivity index (χ1n) is 7.31. The van der Waals surface area contributed by atoms with Crippen LogP contribution in [0.4, 0.5) is 4.39 Å². The van der Waals surface area contributed by atoms with Gasteiger partial charge in [0.05, 0.1) is 0 Å². The third-order valence-corrected chi connectivity index (χ3v) is 4.77. The first-order valence-corrected chi connectivity index (χ1v) is 7.31. The van der Waals surface area contributed by atoms with E-state index in [4.69, 9.17) is 0 Å². The number of nitrogens with zero attached hydrogens (tertiary/aromatic N) is 1. The first-order chi connectivity index (χ1) is 9.61. The number of amides is 1. The van der Waals surface area contributed by atoms with E-state index in [0.29, 0.717) is 6.54 Å². The fraction of sp³-hybridized carbons (Fsp3) is 0.562. The largest absolute Gasteiger partial charge is 0.341 e. The van der Waals surface area contributed by atoms with E-state index in [9.17, 15) is 9.18 Å². The summed E-state index contributed by atoms with van der Waals surface area (Å²) in [5.74, 6) is 0.156. The van der Waals surface area contributed by atoms with Gasteiger partial charge in [0.1, 0.15) is 5.82 Å². The molecule has 3 nitrogen and oxygen atoms in total. The second-order valence-corrected chi connectivity index (χ2v) is 6.19. The summed E-state index contributed by atoms with van der Waals surface area (Å²) < 4.78 is 13.2. The molecule has 116 valence electrons. The minimum absolute atomic E-state index is 0. The minimum Gasteiger partial charge on any atom is -0.341 e. The van der Waals surface area contributed by atoms with E-state index in [1.807, 2.05) is 13.1 Å². The van der Waals surface area contributed by atoms with E-state index in [1.54, 1.807) is 11.0 Å². The zero-order valence-electron chi connectivity index (χ0n) is 12.3. The molecule has 1 aliphatic heterocycles. The highest BCUT2D eigenvalue weighted by molar-refractivity contribution is 5.85. The van der Waals surface area contributed by atoms with Crippen LogP contribution < -0.4 is 5.32 Å². The monoisotopic (exact) mass is 312 g/mol. The number of hydrogen-bond donors (Lipinski definition) is 1. The Morgan fingerprint density at radius 1 is 1.43 bits per heavy atom. The Hall–Kier alpha value is -1.13. The number of hydrogen-bond acceptors (Lipinski definition) is 2. The second-order valence-electron chi connectivity index (χ2n) is 6.19. The molecule has 1 aromatic carbocycles. The Bertz CT molecular complexity index is 517. The molecule has 1 saturated carbocycles. The molecule has 1 spiro atoms. The average Bonchev–Trinajstić information content (AvgIpc) is 3.12. The van der Waals surface area contributed by atoms with Crippen LogP contribution in [0.1, 0.15) is 24.8 Å². The van der Waals surface area contributed by atoms with Gasteiger partial charge in [-0.3, -0.25) is 4.79 Å². The zero-order valence-corrected chi connectivity index (χ0v) is 13.1. The Morgan fingerprint density at radius 3 is 2.81 bits per heavy atom. The Kier molecular flexibility index (Phi) is 4.89. The number of piperidine rings is 1. The molecule has 1 aromatic rings. The normalized spacial score (nSPS) is 22.5. The predicted molar refractivity (Wildman–Crippen MR) is 82.8 cm³/mol. The lowest BCUT2D eigenvalue weighted by molar-refractivity contribution is -0.132. The van der Waals surface area contributed by atoms with Gasteiger partial charge >= 0.3 is 0 Å². The molecule has 0 bridgehead atoms. The van der Waals surface area contributed by atoms with Gasteiger partial charge in [0.15, 0.2) is 0 Å². The average molecular weight is 313 g/mol. The summed E-state index contributed by atoms with van der Waals surface area (Å²) in [6, 6.07) is 6.47. The molecule has 5 heteroatoms.